The molecule has 2 N–H and O–H groups in total. The summed E-state index contributed by atoms with van der Waals surface area (Å²) < 4.78 is 5.32. The van der Waals surface area contributed by atoms with Crippen LogP contribution in [0.2, 0.25) is 0 Å². The number of ether oxygens (including phenoxy) is 1. The van der Waals surface area contributed by atoms with Gasteiger partial charge in [0.25, 0.3) is 0 Å². The second kappa shape index (κ2) is 5.29. The number of hydrogen-bond acceptors (Lipinski definition) is 3. The van der Waals surface area contributed by atoms with E-state index in [9.17, 15) is 10.2 Å². The number of aryl methyl sites for hydroxylation is 2. The highest BCUT2D eigenvalue weighted by Crippen LogP contribution is 2.36. The lowest BCUT2D eigenvalue weighted by Crippen LogP contribution is -2.33. The Morgan fingerprint density at radius 2 is 1.67 bits per heavy atom. The molecule has 0 aliphatic rings. The second-order valence-corrected chi connectivity index (χ2v) is 5.95. The van der Waals surface area contributed by atoms with Gasteiger partial charge in [0.1, 0.15) is 11.9 Å². The van der Waals surface area contributed by atoms with Gasteiger partial charge in [0.05, 0.1) is 13.2 Å². The Hall–Kier alpha value is -1.06. The molecule has 2 unspecified atom stereocenters. The summed E-state index contributed by atoms with van der Waals surface area (Å²) in [5.74, 6) is 0.628. The molecule has 0 heterocycles. The third-order valence-electron chi connectivity index (χ3n) is 3.20. The fourth-order valence-corrected chi connectivity index (χ4v) is 2.12. The van der Waals surface area contributed by atoms with Crippen LogP contribution in [0.5, 0.6) is 5.75 Å². The van der Waals surface area contributed by atoms with Gasteiger partial charge in [-0.05, 0) is 36.5 Å². The Bertz CT molecular complexity index is 418. The minimum Gasteiger partial charge on any atom is -0.496 e. The molecule has 0 amide bonds. The number of hydrogen-bond donors (Lipinski definition) is 2. The maximum Gasteiger partial charge on any atom is 0.125 e. The number of aliphatic hydroxyl groups excluding tert-OH is 2. The molecular weight excluding hydrogens is 228 g/mol. The molecule has 102 valence electrons. The summed E-state index contributed by atoms with van der Waals surface area (Å²) >= 11 is 0. The fourth-order valence-electron chi connectivity index (χ4n) is 2.12. The van der Waals surface area contributed by atoms with Crippen LogP contribution in [-0.4, -0.2) is 23.4 Å². The lowest BCUT2D eigenvalue weighted by molar-refractivity contribution is -0.0469. The van der Waals surface area contributed by atoms with Crippen molar-refractivity contribution in [3.8, 4) is 5.75 Å². The van der Waals surface area contributed by atoms with Crippen molar-refractivity contribution in [2.75, 3.05) is 7.11 Å². The van der Waals surface area contributed by atoms with Gasteiger partial charge in [-0.3, -0.25) is 0 Å². The summed E-state index contributed by atoms with van der Waals surface area (Å²) in [7, 11) is 1.58. The van der Waals surface area contributed by atoms with E-state index in [0.29, 0.717) is 11.3 Å². The quantitative estimate of drug-likeness (QED) is 0.869. The predicted octanol–water partition coefficient (Wildman–Crippen LogP) is 2.75. The zero-order valence-electron chi connectivity index (χ0n) is 12.1. The minimum atomic E-state index is -0.944. The van der Waals surface area contributed by atoms with Gasteiger partial charge in [0.15, 0.2) is 0 Å². The normalized spacial score (nSPS) is 15.3. The molecule has 0 fully saturated rings. The highest BCUT2D eigenvalue weighted by Gasteiger charge is 2.32. The van der Waals surface area contributed by atoms with Crippen LogP contribution in [0.3, 0.4) is 0 Å². The molecule has 0 saturated carbocycles. The molecule has 2 atom stereocenters. The summed E-state index contributed by atoms with van der Waals surface area (Å²) in [6.07, 6.45) is -1.78. The van der Waals surface area contributed by atoms with Crippen molar-refractivity contribution in [3.63, 3.8) is 0 Å². The SMILES string of the molecule is COc1cc(C)cc(C)c1C(O)C(O)C(C)(C)C. The summed E-state index contributed by atoms with van der Waals surface area (Å²) in [5.41, 5.74) is 2.29. The van der Waals surface area contributed by atoms with E-state index in [4.69, 9.17) is 4.74 Å². The van der Waals surface area contributed by atoms with Crippen molar-refractivity contribution < 1.29 is 14.9 Å². The van der Waals surface area contributed by atoms with E-state index in [-0.39, 0.29) is 5.41 Å². The van der Waals surface area contributed by atoms with Crippen LogP contribution in [0.1, 0.15) is 43.6 Å². The van der Waals surface area contributed by atoms with Crippen LogP contribution in [-0.2, 0) is 0 Å². The lowest BCUT2D eigenvalue weighted by atomic mass is 9.82. The Kier molecular flexibility index (Phi) is 4.41. The van der Waals surface area contributed by atoms with Crippen LogP contribution in [0.25, 0.3) is 0 Å². The molecule has 3 heteroatoms. The molecule has 1 rings (SSSR count). The van der Waals surface area contributed by atoms with Gasteiger partial charge in [-0.2, -0.15) is 0 Å². The molecule has 0 radical (unpaired) electrons. The molecule has 1 aromatic rings. The molecule has 18 heavy (non-hydrogen) atoms. The molecule has 0 bridgehead atoms. The number of benzene rings is 1. The number of aliphatic hydroxyl groups is 2. The van der Waals surface area contributed by atoms with E-state index in [1.54, 1.807) is 7.11 Å². The molecule has 0 saturated heterocycles. The van der Waals surface area contributed by atoms with E-state index in [1.165, 1.54) is 0 Å². The zero-order valence-corrected chi connectivity index (χ0v) is 12.1. The summed E-state index contributed by atoms with van der Waals surface area (Å²) in [5, 5.41) is 20.6. The zero-order chi connectivity index (χ0) is 14.1. The topological polar surface area (TPSA) is 49.7 Å². The van der Waals surface area contributed by atoms with Crippen LogP contribution in [0, 0.1) is 19.3 Å². The summed E-state index contributed by atoms with van der Waals surface area (Å²) in [6.45, 7) is 9.60. The van der Waals surface area contributed by atoms with Gasteiger partial charge >= 0.3 is 0 Å². The summed E-state index contributed by atoms with van der Waals surface area (Å²) in [6, 6.07) is 3.86. The lowest BCUT2D eigenvalue weighted by Gasteiger charge is -2.31. The number of methoxy groups -OCH3 is 1. The van der Waals surface area contributed by atoms with Crippen molar-refractivity contribution >= 4 is 0 Å². The second-order valence-electron chi connectivity index (χ2n) is 5.95. The summed E-state index contributed by atoms with van der Waals surface area (Å²) in [4.78, 5) is 0. The van der Waals surface area contributed by atoms with Gasteiger partial charge < -0.3 is 14.9 Å². The monoisotopic (exact) mass is 252 g/mol. The van der Waals surface area contributed by atoms with Crippen molar-refractivity contribution in [1.29, 1.82) is 0 Å². The van der Waals surface area contributed by atoms with Crippen LogP contribution >= 0.6 is 0 Å². The van der Waals surface area contributed by atoms with Crippen LogP contribution in [0.15, 0.2) is 12.1 Å². The predicted molar refractivity (Wildman–Crippen MR) is 72.9 cm³/mol. The van der Waals surface area contributed by atoms with E-state index in [1.807, 2.05) is 46.8 Å². The Morgan fingerprint density at radius 3 is 2.11 bits per heavy atom. The van der Waals surface area contributed by atoms with Gasteiger partial charge in [-0.15, -0.1) is 0 Å². The Labute approximate surface area is 109 Å². The van der Waals surface area contributed by atoms with E-state index in [2.05, 4.69) is 0 Å². The number of rotatable bonds is 3. The molecule has 0 spiro atoms. The van der Waals surface area contributed by atoms with Crippen LogP contribution in [0.4, 0.5) is 0 Å². The average molecular weight is 252 g/mol. The van der Waals surface area contributed by atoms with E-state index < -0.39 is 12.2 Å². The first-order chi connectivity index (χ1) is 8.18. The van der Waals surface area contributed by atoms with Crippen molar-refractivity contribution in [1.82, 2.24) is 0 Å². The molecular formula is C15H24O3. The molecule has 0 aromatic heterocycles. The fraction of sp³-hybridized carbons (Fsp3) is 0.600. The average Bonchev–Trinajstić information content (AvgIpc) is 2.24. The maximum absolute atomic E-state index is 10.4. The van der Waals surface area contributed by atoms with E-state index in [0.717, 1.165) is 11.1 Å². The molecule has 1 aromatic carbocycles. The van der Waals surface area contributed by atoms with E-state index >= 15 is 0 Å². The minimum absolute atomic E-state index is 0.387. The highest BCUT2D eigenvalue weighted by atomic mass is 16.5. The van der Waals surface area contributed by atoms with Crippen molar-refractivity contribution in [2.45, 2.75) is 46.8 Å². The van der Waals surface area contributed by atoms with Gasteiger partial charge in [-0.1, -0.05) is 26.8 Å². The standard InChI is InChI=1S/C15H24O3/c1-9-7-10(2)12(11(8-9)18-6)13(16)14(17)15(3,4)5/h7-8,13-14,16-17H,1-6H3. The smallest absolute Gasteiger partial charge is 0.125 e. The first kappa shape index (κ1) is 15.0. The van der Waals surface area contributed by atoms with Crippen LogP contribution < -0.4 is 4.74 Å². The highest BCUT2D eigenvalue weighted by molar-refractivity contribution is 5.45. The molecule has 3 nitrogen and oxygen atoms in total. The Morgan fingerprint density at radius 1 is 1.11 bits per heavy atom. The largest absolute Gasteiger partial charge is 0.496 e. The van der Waals surface area contributed by atoms with Crippen molar-refractivity contribution in [3.05, 3.63) is 28.8 Å². The molecule has 0 aliphatic heterocycles. The van der Waals surface area contributed by atoms with Gasteiger partial charge in [0.2, 0.25) is 0 Å². The Balaban J connectivity index is 3.24. The first-order valence-electron chi connectivity index (χ1n) is 6.19. The maximum atomic E-state index is 10.4. The third kappa shape index (κ3) is 3.03. The van der Waals surface area contributed by atoms with Gasteiger partial charge in [0, 0.05) is 5.56 Å². The van der Waals surface area contributed by atoms with Gasteiger partial charge in [-0.25, -0.2) is 0 Å². The third-order valence-corrected chi connectivity index (χ3v) is 3.20. The first-order valence-corrected chi connectivity index (χ1v) is 6.19. The van der Waals surface area contributed by atoms with Crippen molar-refractivity contribution in [2.24, 2.45) is 5.41 Å². The molecule has 0 aliphatic carbocycles.